The van der Waals surface area contributed by atoms with E-state index in [9.17, 15) is 0 Å². The number of nitrogens with two attached hydrogens (primary N) is 1. The molecule has 1 fully saturated rings. The van der Waals surface area contributed by atoms with E-state index in [0.29, 0.717) is 6.04 Å². The smallest absolute Gasteiger partial charge is 0.0343 e. The van der Waals surface area contributed by atoms with E-state index < -0.39 is 0 Å². The Balaban J connectivity index is 2.07. The summed E-state index contributed by atoms with van der Waals surface area (Å²) in [5.41, 5.74) is 5.76. The van der Waals surface area contributed by atoms with Crippen LogP contribution in [0.4, 0.5) is 0 Å². The van der Waals surface area contributed by atoms with E-state index in [1.807, 2.05) is 0 Å². The van der Waals surface area contributed by atoms with Crippen LogP contribution in [-0.4, -0.2) is 43.7 Å². The van der Waals surface area contributed by atoms with E-state index in [4.69, 9.17) is 5.73 Å². The van der Waals surface area contributed by atoms with Crippen molar-refractivity contribution in [3.8, 4) is 0 Å². The Bertz CT molecular complexity index is 150. The summed E-state index contributed by atoms with van der Waals surface area (Å²) in [5.74, 6) is 0. The molecule has 0 aromatic carbocycles. The second-order valence-electron chi connectivity index (χ2n) is 4.54. The van der Waals surface area contributed by atoms with Gasteiger partial charge in [0, 0.05) is 32.2 Å². The van der Waals surface area contributed by atoms with Gasteiger partial charge >= 0.3 is 0 Å². The van der Waals surface area contributed by atoms with Gasteiger partial charge in [0.1, 0.15) is 0 Å². The van der Waals surface area contributed by atoms with Gasteiger partial charge in [-0.2, -0.15) is 0 Å². The second kappa shape index (κ2) is 8.08. The number of piperazine rings is 1. The molecule has 3 N–H and O–H groups in total. The maximum atomic E-state index is 5.76. The Hall–Kier alpha value is -0.120. The minimum Gasteiger partial charge on any atom is -0.329 e. The van der Waals surface area contributed by atoms with Crippen LogP contribution >= 0.6 is 0 Å². The lowest BCUT2D eigenvalue weighted by Gasteiger charge is -2.35. The number of rotatable bonds is 7. The molecular weight excluding hydrogens is 186 g/mol. The minimum absolute atomic E-state index is 0.574. The summed E-state index contributed by atoms with van der Waals surface area (Å²) in [6.45, 7) is 7.68. The molecule has 0 aromatic heterocycles. The average molecular weight is 213 g/mol. The second-order valence-corrected chi connectivity index (χ2v) is 4.54. The van der Waals surface area contributed by atoms with Crippen LogP contribution in [0.1, 0.15) is 39.0 Å². The lowest BCUT2D eigenvalue weighted by atomic mass is 10.1. The molecule has 1 rings (SSSR count). The highest BCUT2D eigenvalue weighted by Crippen LogP contribution is 2.07. The number of hydrogen-bond donors (Lipinski definition) is 2. The van der Waals surface area contributed by atoms with Crippen molar-refractivity contribution in [2.24, 2.45) is 5.73 Å². The summed E-state index contributed by atoms with van der Waals surface area (Å²) in [6.07, 6.45) is 6.85. The maximum Gasteiger partial charge on any atom is 0.0343 e. The van der Waals surface area contributed by atoms with Crippen molar-refractivity contribution in [1.29, 1.82) is 0 Å². The predicted octanol–water partition coefficient (Wildman–Crippen LogP) is 1.19. The fraction of sp³-hybridized carbons (Fsp3) is 1.00. The summed E-state index contributed by atoms with van der Waals surface area (Å²) >= 11 is 0. The van der Waals surface area contributed by atoms with E-state index >= 15 is 0 Å². The van der Waals surface area contributed by atoms with Crippen molar-refractivity contribution >= 4 is 0 Å². The monoisotopic (exact) mass is 213 g/mol. The third-order valence-corrected chi connectivity index (χ3v) is 3.29. The van der Waals surface area contributed by atoms with E-state index in [2.05, 4.69) is 17.1 Å². The molecule has 0 bridgehead atoms. The summed E-state index contributed by atoms with van der Waals surface area (Å²) in [7, 11) is 0. The lowest BCUT2D eigenvalue weighted by molar-refractivity contribution is 0.162. The Morgan fingerprint density at radius 2 is 2.07 bits per heavy atom. The highest BCUT2D eigenvalue weighted by atomic mass is 15.2. The summed E-state index contributed by atoms with van der Waals surface area (Å²) in [4.78, 5) is 2.56. The average Bonchev–Trinajstić information content (AvgIpc) is 2.29. The van der Waals surface area contributed by atoms with Gasteiger partial charge in [-0.3, -0.25) is 4.90 Å². The summed E-state index contributed by atoms with van der Waals surface area (Å²) in [6, 6.07) is 0.574. The normalized spacial score (nSPS) is 23.2. The lowest BCUT2D eigenvalue weighted by Crippen LogP contribution is -2.54. The number of hydrogen-bond acceptors (Lipinski definition) is 3. The van der Waals surface area contributed by atoms with Gasteiger partial charge in [-0.15, -0.1) is 0 Å². The quantitative estimate of drug-likeness (QED) is 0.624. The molecule has 90 valence electrons. The van der Waals surface area contributed by atoms with Crippen LogP contribution in [0.15, 0.2) is 0 Å². The molecule has 1 aliphatic heterocycles. The Morgan fingerprint density at radius 3 is 2.80 bits per heavy atom. The molecule has 3 nitrogen and oxygen atoms in total. The highest BCUT2D eigenvalue weighted by molar-refractivity contribution is 4.80. The van der Waals surface area contributed by atoms with Crippen molar-refractivity contribution in [3.63, 3.8) is 0 Å². The summed E-state index contributed by atoms with van der Waals surface area (Å²) in [5, 5.41) is 3.40. The van der Waals surface area contributed by atoms with Gasteiger partial charge < -0.3 is 11.1 Å². The molecule has 0 saturated carbocycles. The molecule has 1 unspecified atom stereocenters. The third-order valence-electron chi connectivity index (χ3n) is 3.29. The number of nitrogens with zero attached hydrogens (tertiary/aromatic N) is 1. The number of nitrogens with one attached hydrogen (secondary N) is 1. The molecule has 0 amide bonds. The maximum absolute atomic E-state index is 5.76. The zero-order valence-electron chi connectivity index (χ0n) is 10.2. The van der Waals surface area contributed by atoms with Gasteiger partial charge in [0.05, 0.1) is 0 Å². The van der Waals surface area contributed by atoms with Crippen molar-refractivity contribution in [2.75, 3.05) is 32.7 Å². The molecule has 15 heavy (non-hydrogen) atoms. The zero-order chi connectivity index (χ0) is 10.9. The van der Waals surface area contributed by atoms with Crippen LogP contribution in [0.5, 0.6) is 0 Å². The van der Waals surface area contributed by atoms with Gasteiger partial charge in [-0.1, -0.05) is 32.6 Å². The molecule has 0 aromatic rings. The SMILES string of the molecule is CCCCCCCN1CCNCC1CN. The molecule has 0 aliphatic carbocycles. The molecule has 1 heterocycles. The van der Waals surface area contributed by atoms with Crippen molar-refractivity contribution in [1.82, 2.24) is 10.2 Å². The molecule has 0 radical (unpaired) electrons. The van der Waals surface area contributed by atoms with Crippen LogP contribution in [0.3, 0.4) is 0 Å². The van der Waals surface area contributed by atoms with Gasteiger partial charge in [-0.25, -0.2) is 0 Å². The fourth-order valence-corrected chi connectivity index (χ4v) is 2.25. The molecule has 1 saturated heterocycles. The molecular formula is C12H27N3. The Labute approximate surface area is 94.4 Å². The van der Waals surface area contributed by atoms with Crippen LogP contribution in [0.25, 0.3) is 0 Å². The topological polar surface area (TPSA) is 41.3 Å². The van der Waals surface area contributed by atoms with Crippen molar-refractivity contribution in [2.45, 2.75) is 45.1 Å². The third kappa shape index (κ3) is 4.96. The Morgan fingerprint density at radius 1 is 1.27 bits per heavy atom. The molecule has 3 heteroatoms. The van der Waals surface area contributed by atoms with Crippen molar-refractivity contribution in [3.05, 3.63) is 0 Å². The standard InChI is InChI=1S/C12H27N3/c1-2-3-4-5-6-8-15-9-7-14-11-12(15)10-13/h12,14H,2-11,13H2,1H3. The van der Waals surface area contributed by atoms with E-state index in [1.54, 1.807) is 0 Å². The largest absolute Gasteiger partial charge is 0.329 e. The number of unbranched alkanes of at least 4 members (excludes halogenated alkanes) is 4. The molecule has 1 atom stereocenters. The minimum atomic E-state index is 0.574. The highest BCUT2D eigenvalue weighted by Gasteiger charge is 2.19. The van der Waals surface area contributed by atoms with Gasteiger partial charge in [-0.05, 0) is 13.0 Å². The van der Waals surface area contributed by atoms with Crippen LogP contribution < -0.4 is 11.1 Å². The van der Waals surface area contributed by atoms with E-state index in [-0.39, 0.29) is 0 Å². The first-order chi connectivity index (χ1) is 7.38. The van der Waals surface area contributed by atoms with E-state index in [0.717, 1.165) is 19.6 Å². The van der Waals surface area contributed by atoms with Crippen LogP contribution in [0, 0.1) is 0 Å². The van der Waals surface area contributed by atoms with E-state index in [1.165, 1.54) is 45.2 Å². The first-order valence-corrected chi connectivity index (χ1v) is 6.53. The van der Waals surface area contributed by atoms with Crippen LogP contribution in [-0.2, 0) is 0 Å². The van der Waals surface area contributed by atoms with Crippen LogP contribution in [0.2, 0.25) is 0 Å². The van der Waals surface area contributed by atoms with Gasteiger partial charge in [0.15, 0.2) is 0 Å². The summed E-state index contributed by atoms with van der Waals surface area (Å²) < 4.78 is 0. The first-order valence-electron chi connectivity index (χ1n) is 6.53. The zero-order valence-corrected chi connectivity index (χ0v) is 10.2. The Kier molecular flexibility index (Phi) is 6.98. The van der Waals surface area contributed by atoms with Gasteiger partial charge in [0.25, 0.3) is 0 Å². The van der Waals surface area contributed by atoms with Gasteiger partial charge in [0.2, 0.25) is 0 Å². The predicted molar refractivity (Wildman–Crippen MR) is 66.0 cm³/mol. The first kappa shape index (κ1) is 12.9. The fourth-order valence-electron chi connectivity index (χ4n) is 2.25. The molecule has 0 spiro atoms. The molecule has 1 aliphatic rings. The van der Waals surface area contributed by atoms with Crippen molar-refractivity contribution < 1.29 is 0 Å².